The maximum atomic E-state index is 13.6. The first-order chi connectivity index (χ1) is 15.6. The third-order valence-electron chi connectivity index (χ3n) is 7.24. The number of benzene rings is 1. The molecule has 0 N–H and O–H groups in total. The quantitative estimate of drug-likeness (QED) is 0.636. The van der Waals surface area contributed by atoms with E-state index in [4.69, 9.17) is 4.74 Å². The molecule has 2 aromatic heterocycles. The highest BCUT2D eigenvalue weighted by Gasteiger charge is 2.57. The molecule has 6 rings (SSSR count). The Labute approximate surface area is 187 Å². The number of hydrogen-bond acceptors (Lipinski definition) is 5. The average Bonchev–Trinajstić information content (AvgIpc) is 3.51. The van der Waals surface area contributed by atoms with Gasteiger partial charge in [-0.3, -0.25) is 4.79 Å². The van der Waals surface area contributed by atoms with Crippen LogP contribution in [-0.4, -0.2) is 50.3 Å². The molecule has 1 spiro atoms. The van der Waals surface area contributed by atoms with Crippen molar-refractivity contribution in [1.82, 2.24) is 19.4 Å². The van der Waals surface area contributed by atoms with E-state index in [1.807, 2.05) is 41.4 Å². The summed E-state index contributed by atoms with van der Waals surface area (Å²) in [6.07, 6.45) is 6.76. The molecule has 164 valence electrons. The topological polar surface area (TPSA) is 63.5 Å². The lowest BCUT2D eigenvalue weighted by molar-refractivity contribution is -0.140. The van der Waals surface area contributed by atoms with Gasteiger partial charge in [-0.25, -0.2) is 9.97 Å². The number of ether oxygens (including phenoxy) is 1. The maximum Gasteiger partial charge on any atom is 0.257 e. The Morgan fingerprint density at radius 3 is 2.53 bits per heavy atom. The van der Waals surface area contributed by atoms with Gasteiger partial charge >= 0.3 is 0 Å². The van der Waals surface area contributed by atoms with Gasteiger partial charge in [0.2, 0.25) is 0 Å². The third-order valence-corrected chi connectivity index (χ3v) is 7.24. The van der Waals surface area contributed by atoms with E-state index in [9.17, 15) is 4.79 Å². The summed E-state index contributed by atoms with van der Waals surface area (Å²) in [5.41, 5.74) is 1.64. The second kappa shape index (κ2) is 7.45. The van der Waals surface area contributed by atoms with Gasteiger partial charge in [0.1, 0.15) is 24.2 Å². The van der Waals surface area contributed by atoms with E-state index in [0.717, 1.165) is 43.3 Å². The van der Waals surface area contributed by atoms with Crippen molar-refractivity contribution in [2.75, 3.05) is 18.0 Å². The first-order valence-electron chi connectivity index (χ1n) is 11.4. The first-order valence-corrected chi connectivity index (χ1v) is 11.4. The van der Waals surface area contributed by atoms with Gasteiger partial charge in [-0.2, -0.15) is 0 Å². The molecule has 5 heterocycles. The van der Waals surface area contributed by atoms with E-state index < -0.39 is 5.60 Å². The number of anilines is 1. The highest BCUT2D eigenvalue weighted by molar-refractivity contribution is 5.88. The van der Waals surface area contributed by atoms with Crippen molar-refractivity contribution in [3.05, 3.63) is 72.3 Å². The minimum absolute atomic E-state index is 0.0957. The summed E-state index contributed by atoms with van der Waals surface area (Å²) in [5, 5.41) is 0. The lowest BCUT2D eigenvalue weighted by Crippen LogP contribution is -2.50. The Bertz CT molecular complexity index is 1140. The van der Waals surface area contributed by atoms with Crippen LogP contribution in [0.3, 0.4) is 0 Å². The number of carbonyl (C=O) groups excluding carboxylic acids is 1. The van der Waals surface area contributed by atoms with Crippen LogP contribution in [0.4, 0.5) is 5.82 Å². The highest BCUT2D eigenvalue weighted by Crippen LogP contribution is 2.47. The number of aromatic nitrogens is 3. The average molecular weight is 430 g/mol. The number of amides is 1. The van der Waals surface area contributed by atoms with Gasteiger partial charge in [-0.15, -0.1) is 0 Å². The number of piperidine rings is 1. The van der Waals surface area contributed by atoms with Crippen LogP contribution in [-0.2, 0) is 9.53 Å². The Morgan fingerprint density at radius 2 is 1.78 bits per heavy atom. The molecule has 2 atom stereocenters. The minimum Gasteiger partial charge on any atom is -0.356 e. The smallest absolute Gasteiger partial charge is 0.257 e. The molecule has 0 radical (unpaired) electrons. The fraction of sp³-hybridized carbons (Fsp3) is 0.400. The van der Waals surface area contributed by atoms with Crippen molar-refractivity contribution in [3.8, 4) is 5.82 Å². The van der Waals surface area contributed by atoms with Crippen molar-refractivity contribution in [1.29, 1.82) is 0 Å². The van der Waals surface area contributed by atoms with Crippen LogP contribution in [0, 0.1) is 6.92 Å². The van der Waals surface area contributed by atoms with E-state index in [1.54, 1.807) is 6.33 Å². The molecular formula is C25H27N5O2. The van der Waals surface area contributed by atoms with Gasteiger partial charge in [0.05, 0.1) is 6.04 Å². The lowest BCUT2D eigenvalue weighted by Gasteiger charge is -2.38. The number of carbonyl (C=O) groups is 1. The monoisotopic (exact) mass is 429 g/mol. The fourth-order valence-electron chi connectivity index (χ4n) is 5.51. The van der Waals surface area contributed by atoms with Gasteiger partial charge in [0.25, 0.3) is 5.91 Å². The van der Waals surface area contributed by atoms with E-state index in [0.29, 0.717) is 12.8 Å². The molecule has 0 bridgehead atoms. The number of aryl methyl sites for hydroxylation is 1. The molecule has 1 aromatic carbocycles. The zero-order valence-electron chi connectivity index (χ0n) is 18.2. The normalized spacial score (nSPS) is 24.3. The van der Waals surface area contributed by atoms with Crippen molar-refractivity contribution in [2.45, 2.75) is 50.5 Å². The van der Waals surface area contributed by atoms with Crippen LogP contribution in [0.25, 0.3) is 5.82 Å². The van der Waals surface area contributed by atoms with Gasteiger partial charge in [-0.05, 0) is 37.5 Å². The highest BCUT2D eigenvalue weighted by atomic mass is 16.6. The lowest BCUT2D eigenvalue weighted by atomic mass is 9.89. The summed E-state index contributed by atoms with van der Waals surface area (Å²) in [6, 6.07) is 16.6. The number of rotatable bonds is 3. The molecule has 7 nitrogen and oxygen atoms in total. The maximum absolute atomic E-state index is 13.6. The third kappa shape index (κ3) is 3.03. The summed E-state index contributed by atoms with van der Waals surface area (Å²) >= 11 is 0. The molecule has 3 aliphatic rings. The molecule has 3 aliphatic heterocycles. The summed E-state index contributed by atoms with van der Waals surface area (Å²) in [6.45, 7) is 3.54. The number of fused-ring (bicyclic) bond motifs is 1. The molecule has 2 unspecified atom stereocenters. The van der Waals surface area contributed by atoms with Crippen LogP contribution < -0.4 is 4.90 Å². The summed E-state index contributed by atoms with van der Waals surface area (Å²) < 4.78 is 8.53. The molecule has 0 aliphatic carbocycles. The second-order valence-corrected chi connectivity index (χ2v) is 9.02. The largest absolute Gasteiger partial charge is 0.356 e. The summed E-state index contributed by atoms with van der Waals surface area (Å²) in [7, 11) is 0. The standard InChI is InChI=1S/C25H27N5O2/c1-18-6-5-13-29(18)22-16-21(26-17-27-22)28-14-11-25(12-15-28)24(31)30-20(9-10-23(30)32-25)19-7-3-2-4-8-19/h2-8,13,16-17,20,23H,9-12,14-15H2,1H3. The molecule has 7 heteroatoms. The van der Waals surface area contributed by atoms with Crippen LogP contribution in [0.5, 0.6) is 0 Å². The van der Waals surface area contributed by atoms with Crippen molar-refractivity contribution >= 4 is 11.7 Å². The van der Waals surface area contributed by atoms with E-state index in [-0.39, 0.29) is 18.2 Å². The first kappa shape index (κ1) is 19.5. The van der Waals surface area contributed by atoms with E-state index >= 15 is 0 Å². The summed E-state index contributed by atoms with van der Waals surface area (Å²) in [4.78, 5) is 26.8. The van der Waals surface area contributed by atoms with Crippen molar-refractivity contribution in [3.63, 3.8) is 0 Å². The summed E-state index contributed by atoms with van der Waals surface area (Å²) in [5.74, 6) is 1.92. The van der Waals surface area contributed by atoms with Crippen LogP contribution in [0.15, 0.2) is 61.1 Å². The Hall–Kier alpha value is -3.19. The predicted molar refractivity (Wildman–Crippen MR) is 120 cm³/mol. The van der Waals surface area contributed by atoms with E-state index in [2.05, 4.69) is 44.6 Å². The predicted octanol–water partition coefficient (Wildman–Crippen LogP) is 3.63. The molecule has 0 saturated carbocycles. The zero-order valence-corrected chi connectivity index (χ0v) is 18.2. The molecule has 1 amide bonds. The van der Waals surface area contributed by atoms with Crippen LogP contribution in [0.2, 0.25) is 0 Å². The Morgan fingerprint density at radius 1 is 1.00 bits per heavy atom. The van der Waals surface area contributed by atoms with Crippen molar-refractivity contribution in [2.24, 2.45) is 0 Å². The van der Waals surface area contributed by atoms with Gasteiger partial charge < -0.3 is 19.1 Å². The van der Waals surface area contributed by atoms with Gasteiger partial charge in [0.15, 0.2) is 5.60 Å². The molecule has 3 saturated heterocycles. The second-order valence-electron chi connectivity index (χ2n) is 9.02. The number of hydrogen-bond donors (Lipinski definition) is 0. The molecule has 3 aromatic rings. The van der Waals surface area contributed by atoms with E-state index in [1.165, 1.54) is 5.56 Å². The minimum atomic E-state index is -0.693. The van der Waals surface area contributed by atoms with Crippen LogP contribution in [0.1, 0.15) is 43.0 Å². The van der Waals surface area contributed by atoms with Crippen LogP contribution >= 0.6 is 0 Å². The SMILES string of the molecule is Cc1cccn1-c1cc(N2CCC3(CC2)OC2CCC(c4ccccc4)N2C3=O)ncn1. The fourth-order valence-corrected chi connectivity index (χ4v) is 5.51. The molecule has 3 fully saturated rings. The Kier molecular flexibility index (Phi) is 4.54. The van der Waals surface area contributed by atoms with Gasteiger partial charge in [0, 0.05) is 43.9 Å². The zero-order chi connectivity index (χ0) is 21.7. The Balaban J connectivity index is 1.19. The van der Waals surface area contributed by atoms with Gasteiger partial charge in [-0.1, -0.05) is 30.3 Å². The molecule has 32 heavy (non-hydrogen) atoms. The van der Waals surface area contributed by atoms with Crippen molar-refractivity contribution < 1.29 is 9.53 Å². The number of nitrogens with zero attached hydrogens (tertiary/aromatic N) is 5. The molecular weight excluding hydrogens is 402 g/mol.